The second-order valence-electron chi connectivity index (χ2n) is 3.30. The van der Waals surface area contributed by atoms with E-state index in [1.165, 1.54) is 0 Å². The highest BCUT2D eigenvalue weighted by Crippen LogP contribution is 2.32. The SMILES string of the molecule is CN=C(N)c1c(C)nn[s+]1-c1ccccc1. The molecule has 5 heteroatoms. The lowest BCUT2D eigenvalue weighted by atomic mass is 10.4. The highest BCUT2D eigenvalue weighted by Gasteiger charge is 2.26. The van der Waals surface area contributed by atoms with Gasteiger partial charge in [0.15, 0.2) is 16.5 Å². The Labute approximate surface area is 97.0 Å². The largest absolute Gasteiger partial charge is 0.379 e. The molecule has 0 saturated heterocycles. The molecule has 0 amide bonds. The summed E-state index contributed by atoms with van der Waals surface area (Å²) in [6, 6.07) is 10.0. The van der Waals surface area contributed by atoms with Crippen LogP contribution in [0.2, 0.25) is 0 Å². The molecule has 0 radical (unpaired) electrons. The summed E-state index contributed by atoms with van der Waals surface area (Å²) in [5, 5.41) is 4.10. The number of aliphatic imine (C=N–C) groups is 1. The fourth-order valence-electron chi connectivity index (χ4n) is 1.43. The standard InChI is InChI=1S/C11H13N4S/c1-8-10(11(12)13-2)16(15-14-8)9-6-4-3-5-7-9/h3-7H,1-2H3,(H2,12,13)/q+1. The van der Waals surface area contributed by atoms with Gasteiger partial charge in [-0.15, -0.1) is 5.10 Å². The molecule has 0 aliphatic rings. The van der Waals surface area contributed by atoms with E-state index in [1.807, 2.05) is 37.3 Å². The molecule has 82 valence electrons. The van der Waals surface area contributed by atoms with E-state index < -0.39 is 10.7 Å². The highest BCUT2D eigenvalue weighted by atomic mass is 32.2. The van der Waals surface area contributed by atoms with Gasteiger partial charge in [-0.05, 0) is 6.92 Å². The first kappa shape index (κ1) is 10.8. The summed E-state index contributed by atoms with van der Waals surface area (Å²) in [6.45, 7) is 1.91. The molecule has 0 bridgehead atoms. The summed E-state index contributed by atoms with van der Waals surface area (Å²) >= 11 is 0. The van der Waals surface area contributed by atoms with Crippen molar-refractivity contribution in [3.05, 3.63) is 40.9 Å². The minimum Gasteiger partial charge on any atom is -0.379 e. The van der Waals surface area contributed by atoms with Gasteiger partial charge in [-0.3, -0.25) is 4.99 Å². The van der Waals surface area contributed by atoms with Crippen LogP contribution in [0, 0.1) is 6.92 Å². The molecular formula is C11H13N4S+. The van der Waals surface area contributed by atoms with Gasteiger partial charge in [0.05, 0.1) is 4.49 Å². The second kappa shape index (κ2) is 4.40. The second-order valence-corrected chi connectivity index (χ2v) is 4.91. The molecule has 4 nitrogen and oxygen atoms in total. The molecule has 1 heterocycles. The van der Waals surface area contributed by atoms with E-state index in [9.17, 15) is 0 Å². The number of benzene rings is 1. The van der Waals surface area contributed by atoms with Crippen molar-refractivity contribution in [2.24, 2.45) is 10.7 Å². The summed E-state index contributed by atoms with van der Waals surface area (Å²) in [5.74, 6) is 0.523. The van der Waals surface area contributed by atoms with Crippen LogP contribution >= 0.6 is 10.7 Å². The van der Waals surface area contributed by atoms with Gasteiger partial charge in [0.25, 0.3) is 4.88 Å². The van der Waals surface area contributed by atoms with Crippen LogP contribution in [0.3, 0.4) is 0 Å². The van der Waals surface area contributed by atoms with E-state index in [0.717, 1.165) is 15.5 Å². The molecule has 1 aromatic heterocycles. The van der Waals surface area contributed by atoms with Crippen molar-refractivity contribution in [1.82, 2.24) is 9.59 Å². The summed E-state index contributed by atoms with van der Waals surface area (Å²) in [4.78, 5) is 6.07. The fraction of sp³-hybridized carbons (Fsp3) is 0.182. The van der Waals surface area contributed by atoms with Gasteiger partial charge in [-0.25, -0.2) is 0 Å². The van der Waals surface area contributed by atoms with Crippen LogP contribution in [-0.4, -0.2) is 22.5 Å². The van der Waals surface area contributed by atoms with Crippen molar-refractivity contribution in [1.29, 1.82) is 0 Å². The van der Waals surface area contributed by atoms with Gasteiger partial charge in [0, 0.05) is 19.2 Å². The monoisotopic (exact) mass is 233 g/mol. The molecule has 0 fully saturated rings. The molecule has 0 aliphatic heterocycles. The quantitative estimate of drug-likeness (QED) is 0.489. The number of aryl methyl sites for hydroxylation is 1. The number of hydrogen-bond donors (Lipinski definition) is 1. The summed E-state index contributed by atoms with van der Waals surface area (Å²) in [7, 11) is 1.27. The first-order valence-electron chi connectivity index (χ1n) is 4.88. The Morgan fingerprint density at radius 3 is 2.62 bits per heavy atom. The fourth-order valence-corrected chi connectivity index (χ4v) is 3.07. The zero-order valence-corrected chi connectivity index (χ0v) is 10.0. The number of rotatable bonds is 2. The van der Waals surface area contributed by atoms with Crippen molar-refractivity contribution < 1.29 is 0 Å². The van der Waals surface area contributed by atoms with Crippen LogP contribution in [0.1, 0.15) is 10.6 Å². The van der Waals surface area contributed by atoms with Crippen LogP contribution in [0.15, 0.2) is 35.3 Å². The number of nitrogens with two attached hydrogens (primary N) is 1. The first-order valence-corrected chi connectivity index (χ1v) is 6.07. The predicted molar refractivity (Wildman–Crippen MR) is 67.2 cm³/mol. The summed E-state index contributed by atoms with van der Waals surface area (Å²) < 4.78 is 4.26. The van der Waals surface area contributed by atoms with Crippen LogP contribution in [-0.2, 0) is 0 Å². The van der Waals surface area contributed by atoms with E-state index in [-0.39, 0.29) is 0 Å². The van der Waals surface area contributed by atoms with Gasteiger partial charge < -0.3 is 5.73 Å². The van der Waals surface area contributed by atoms with E-state index in [0.29, 0.717) is 5.84 Å². The number of nitrogens with zero attached hydrogens (tertiary/aromatic N) is 3. The zero-order valence-electron chi connectivity index (χ0n) is 9.21. The molecule has 0 spiro atoms. The maximum atomic E-state index is 5.88. The van der Waals surface area contributed by atoms with Gasteiger partial charge in [0.2, 0.25) is 4.90 Å². The van der Waals surface area contributed by atoms with E-state index in [1.54, 1.807) is 7.05 Å². The Kier molecular flexibility index (Phi) is 2.96. The Morgan fingerprint density at radius 1 is 1.31 bits per heavy atom. The third kappa shape index (κ3) is 1.81. The van der Waals surface area contributed by atoms with Crippen molar-refractivity contribution >= 4 is 16.5 Å². The zero-order chi connectivity index (χ0) is 11.5. The lowest BCUT2D eigenvalue weighted by Crippen LogP contribution is -2.13. The Morgan fingerprint density at radius 2 is 2.00 bits per heavy atom. The molecule has 0 aliphatic carbocycles. The first-order chi connectivity index (χ1) is 7.74. The molecule has 16 heavy (non-hydrogen) atoms. The van der Waals surface area contributed by atoms with Crippen molar-refractivity contribution in [3.63, 3.8) is 0 Å². The van der Waals surface area contributed by atoms with Crippen molar-refractivity contribution in [3.8, 4) is 4.90 Å². The molecule has 2 rings (SSSR count). The predicted octanol–water partition coefficient (Wildman–Crippen LogP) is 1.86. The molecule has 2 N–H and O–H groups in total. The molecule has 1 aromatic carbocycles. The Balaban J connectivity index is 2.59. The van der Waals surface area contributed by atoms with Crippen LogP contribution < -0.4 is 5.73 Å². The molecule has 2 aromatic rings. The maximum Gasteiger partial charge on any atom is 0.270 e. The van der Waals surface area contributed by atoms with E-state index in [2.05, 4.69) is 14.6 Å². The highest BCUT2D eigenvalue weighted by molar-refractivity contribution is 7.36. The number of amidine groups is 1. The smallest absolute Gasteiger partial charge is 0.270 e. The lowest BCUT2D eigenvalue weighted by Gasteiger charge is -1.92. The third-order valence-electron chi connectivity index (χ3n) is 2.23. The maximum absolute atomic E-state index is 5.88. The number of hydrogen-bond acceptors (Lipinski definition) is 3. The van der Waals surface area contributed by atoms with Crippen molar-refractivity contribution in [2.45, 2.75) is 6.92 Å². The van der Waals surface area contributed by atoms with E-state index >= 15 is 0 Å². The minimum absolute atomic E-state index is 0.406. The number of aromatic nitrogens is 2. The summed E-state index contributed by atoms with van der Waals surface area (Å²) in [6.07, 6.45) is 0. The van der Waals surface area contributed by atoms with Crippen LogP contribution in [0.4, 0.5) is 0 Å². The third-order valence-corrected chi connectivity index (χ3v) is 4.09. The van der Waals surface area contributed by atoms with Crippen LogP contribution in [0.25, 0.3) is 4.90 Å². The molecular weight excluding hydrogens is 220 g/mol. The van der Waals surface area contributed by atoms with Crippen molar-refractivity contribution in [2.75, 3.05) is 7.05 Å². The van der Waals surface area contributed by atoms with Crippen LogP contribution in [0.5, 0.6) is 0 Å². The average molecular weight is 233 g/mol. The molecule has 1 atom stereocenters. The minimum atomic E-state index is -0.406. The van der Waals surface area contributed by atoms with Gasteiger partial charge >= 0.3 is 0 Å². The Hall–Kier alpha value is -1.75. The van der Waals surface area contributed by atoms with Gasteiger partial charge in [-0.2, -0.15) is 0 Å². The van der Waals surface area contributed by atoms with Gasteiger partial charge in [0.1, 0.15) is 5.69 Å². The lowest BCUT2D eigenvalue weighted by molar-refractivity contribution is 1.08. The molecule has 1 unspecified atom stereocenters. The van der Waals surface area contributed by atoms with Gasteiger partial charge in [-0.1, -0.05) is 18.2 Å². The molecule has 0 saturated carbocycles. The van der Waals surface area contributed by atoms with E-state index in [4.69, 9.17) is 5.73 Å². The normalized spacial score (nSPS) is 12.9. The topological polar surface area (TPSA) is 64.2 Å². The Bertz CT molecular complexity index is 516. The average Bonchev–Trinajstić information content (AvgIpc) is 2.71. The summed E-state index contributed by atoms with van der Waals surface area (Å²) in [5.41, 5.74) is 6.73.